The highest BCUT2D eigenvalue weighted by molar-refractivity contribution is 7.91. The van der Waals surface area contributed by atoms with Crippen LogP contribution in [0.4, 0.5) is 4.39 Å². The van der Waals surface area contributed by atoms with Crippen LogP contribution >= 0.6 is 11.6 Å². The van der Waals surface area contributed by atoms with Crippen LogP contribution in [-0.2, 0) is 14.6 Å². The first-order valence-electron chi connectivity index (χ1n) is 4.34. The summed E-state index contributed by atoms with van der Waals surface area (Å²) >= 11 is 5.00. The molecule has 0 aromatic heterocycles. The minimum atomic E-state index is -3.00. The van der Waals surface area contributed by atoms with E-state index in [0.29, 0.717) is 0 Å². The van der Waals surface area contributed by atoms with E-state index in [9.17, 15) is 17.6 Å². The van der Waals surface area contributed by atoms with Crippen LogP contribution in [0.25, 0.3) is 0 Å². The zero-order valence-corrected chi connectivity index (χ0v) is 9.76. The van der Waals surface area contributed by atoms with E-state index >= 15 is 0 Å². The monoisotopic (exact) mass is 258 g/mol. The number of rotatable bonds is 2. The summed E-state index contributed by atoms with van der Waals surface area (Å²) < 4.78 is 34.7. The summed E-state index contributed by atoms with van der Waals surface area (Å²) in [4.78, 5) is 11.1. The van der Waals surface area contributed by atoms with Crippen molar-refractivity contribution < 1.29 is 17.6 Å². The molecule has 8 heteroatoms. The molecule has 1 aliphatic heterocycles. The lowest BCUT2D eigenvalue weighted by atomic mass is 10.5. The molecule has 0 N–H and O–H groups in total. The quantitative estimate of drug-likeness (QED) is 0.634. The predicted molar refractivity (Wildman–Crippen MR) is 53.7 cm³/mol. The fourth-order valence-electron chi connectivity index (χ4n) is 1.28. The SMILES string of the molecule is CN(C(=O)C(F)Cl)N1CCS(=O)(=O)CC1. The Balaban J connectivity index is 2.57. The summed E-state index contributed by atoms with van der Waals surface area (Å²) in [5.74, 6) is -0.927. The van der Waals surface area contributed by atoms with Gasteiger partial charge in [-0.2, -0.15) is 0 Å². The largest absolute Gasteiger partial charge is 0.286 e. The molecule has 1 fully saturated rings. The van der Waals surface area contributed by atoms with Crippen molar-refractivity contribution >= 4 is 27.3 Å². The van der Waals surface area contributed by atoms with Crippen molar-refractivity contribution in [3.63, 3.8) is 0 Å². The van der Waals surface area contributed by atoms with Crippen molar-refractivity contribution in [1.82, 2.24) is 10.0 Å². The molecule has 1 heterocycles. The molecule has 1 unspecified atom stereocenters. The van der Waals surface area contributed by atoms with Crippen LogP contribution in [0.3, 0.4) is 0 Å². The molecule has 0 radical (unpaired) electrons. The predicted octanol–water partition coefficient (Wildman–Crippen LogP) is -0.375. The number of halogens is 2. The van der Waals surface area contributed by atoms with E-state index in [-0.39, 0.29) is 24.6 Å². The molecular weight excluding hydrogens is 247 g/mol. The third-order valence-corrected chi connectivity index (χ3v) is 4.05. The van der Waals surface area contributed by atoms with Crippen LogP contribution in [0, 0.1) is 0 Å². The van der Waals surface area contributed by atoms with Crippen LogP contribution in [0.2, 0.25) is 0 Å². The number of hydrogen-bond donors (Lipinski definition) is 0. The Morgan fingerprint density at radius 2 is 1.93 bits per heavy atom. The molecule has 0 saturated carbocycles. The number of hydrogen-bond acceptors (Lipinski definition) is 4. The summed E-state index contributed by atoms with van der Waals surface area (Å²) in [6.45, 7) is 0.377. The average Bonchev–Trinajstić information content (AvgIpc) is 2.15. The van der Waals surface area contributed by atoms with Crippen molar-refractivity contribution in [2.75, 3.05) is 31.6 Å². The second-order valence-electron chi connectivity index (χ2n) is 3.27. The van der Waals surface area contributed by atoms with Gasteiger partial charge in [0.2, 0.25) is 0 Å². The maximum absolute atomic E-state index is 12.5. The van der Waals surface area contributed by atoms with E-state index in [1.54, 1.807) is 0 Å². The molecule has 1 aliphatic rings. The van der Waals surface area contributed by atoms with Gasteiger partial charge in [0, 0.05) is 20.1 Å². The molecule has 0 aliphatic carbocycles. The summed E-state index contributed by atoms with van der Waals surface area (Å²) in [5, 5.41) is 2.50. The van der Waals surface area contributed by atoms with E-state index in [0.717, 1.165) is 5.01 Å². The fraction of sp³-hybridized carbons (Fsp3) is 0.857. The Morgan fingerprint density at radius 3 is 2.33 bits per heavy atom. The van der Waals surface area contributed by atoms with E-state index in [1.807, 2.05) is 0 Å². The van der Waals surface area contributed by atoms with Crippen LogP contribution < -0.4 is 0 Å². The number of carbonyl (C=O) groups excluding carboxylic acids is 1. The lowest BCUT2D eigenvalue weighted by Crippen LogP contribution is -2.52. The zero-order valence-electron chi connectivity index (χ0n) is 8.19. The van der Waals surface area contributed by atoms with E-state index in [2.05, 4.69) is 0 Å². The van der Waals surface area contributed by atoms with Gasteiger partial charge in [0.05, 0.1) is 11.5 Å². The Kier molecular flexibility index (Phi) is 3.91. The number of nitrogens with zero attached hydrogens (tertiary/aromatic N) is 2. The Morgan fingerprint density at radius 1 is 1.47 bits per heavy atom. The van der Waals surface area contributed by atoms with Gasteiger partial charge in [0.25, 0.3) is 11.5 Å². The van der Waals surface area contributed by atoms with Crippen molar-refractivity contribution in [3.8, 4) is 0 Å². The van der Waals surface area contributed by atoms with Gasteiger partial charge < -0.3 is 0 Å². The van der Waals surface area contributed by atoms with E-state index in [4.69, 9.17) is 11.6 Å². The highest BCUT2D eigenvalue weighted by Crippen LogP contribution is 2.09. The van der Waals surface area contributed by atoms with Crippen LogP contribution in [-0.4, -0.2) is 61.6 Å². The smallest absolute Gasteiger partial charge is 0.275 e. The van der Waals surface area contributed by atoms with Crippen molar-refractivity contribution in [3.05, 3.63) is 0 Å². The summed E-state index contributed by atoms with van der Waals surface area (Å²) in [7, 11) is -1.63. The molecule has 1 saturated heterocycles. The normalized spacial score (nSPS) is 23.4. The van der Waals surface area contributed by atoms with Gasteiger partial charge in [0.1, 0.15) is 0 Å². The molecule has 0 aromatic carbocycles. The lowest BCUT2D eigenvalue weighted by molar-refractivity contribution is -0.147. The number of hydrazine groups is 1. The second kappa shape index (κ2) is 4.63. The topological polar surface area (TPSA) is 57.7 Å². The zero-order chi connectivity index (χ0) is 11.6. The highest BCUT2D eigenvalue weighted by atomic mass is 35.5. The van der Waals surface area contributed by atoms with Crippen LogP contribution in [0.1, 0.15) is 0 Å². The van der Waals surface area contributed by atoms with Crippen molar-refractivity contribution in [2.45, 2.75) is 5.63 Å². The molecule has 15 heavy (non-hydrogen) atoms. The molecular formula is C7H12ClFN2O3S. The first-order chi connectivity index (χ1) is 6.83. The minimum absolute atomic E-state index is 0.0240. The van der Waals surface area contributed by atoms with Crippen molar-refractivity contribution in [2.24, 2.45) is 0 Å². The fourth-order valence-corrected chi connectivity index (χ4v) is 2.61. The van der Waals surface area contributed by atoms with Gasteiger partial charge in [-0.3, -0.25) is 9.80 Å². The Hall–Kier alpha value is -0.400. The number of amides is 1. The van der Waals surface area contributed by atoms with Crippen LogP contribution in [0.5, 0.6) is 0 Å². The molecule has 1 amide bonds. The van der Waals surface area contributed by atoms with Crippen LogP contribution in [0.15, 0.2) is 0 Å². The minimum Gasteiger partial charge on any atom is -0.275 e. The summed E-state index contributed by atoms with van der Waals surface area (Å²) in [6, 6.07) is 0. The molecule has 0 aromatic rings. The molecule has 5 nitrogen and oxygen atoms in total. The Bertz CT molecular complexity index is 332. The third kappa shape index (κ3) is 3.29. The standard InChI is InChI=1S/C7H12ClFN2O3S/c1-10(7(12)6(8)9)11-2-4-15(13,14)5-3-11/h6H,2-5H2,1H3. The summed E-state index contributed by atoms with van der Waals surface area (Å²) in [5.41, 5.74) is -2.09. The Labute approximate surface area is 92.7 Å². The number of carbonyl (C=O) groups is 1. The maximum Gasteiger partial charge on any atom is 0.286 e. The first kappa shape index (κ1) is 12.7. The van der Waals surface area contributed by atoms with Gasteiger partial charge in [-0.25, -0.2) is 17.8 Å². The van der Waals surface area contributed by atoms with Gasteiger partial charge in [0.15, 0.2) is 9.84 Å². The molecule has 1 atom stereocenters. The van der Waals surface area contributed by atoms with Gasteiger partial charge in [-0.05, 0) is 0 Å². The maximum atomic E-state index is 12.5. The molecule has 0 bridgehead atoms. The first-order valence-corrected chi connectivity index (χ1v) is 6.60. The average molecular weight is 259 g/mol. The van der Waals surface area contributed by atoms with Gasteiger partial charge in [-0.15, -0.1) is 0 Å². The van der Waals surface area contributed by atoms with Crippen molar-refractivity contribution in [1.29, 1.82) is 0 Å². The number of sulfone groups is 1. The van der Waals surface area contributed by atoms with Gasteiger partial charge >= 0.3 is 0 Å². The molecule has 0 spiro atoms. The highest BCUT2D eigenvalue weighted by Gasteiger charge is 2.28. The van der Waals surface area contributed by atoms with Gasteiger partial charge in [-0.1, -0.05) is 11.6 Å². The third-order valence-electron chi connectivity index (χ3n) is 2.25. The number of alkyl halides is 2. The second-order valence-corrected chi connectivity index (χ2v) is 5.95. The molecule has 1 rings (SSSR count). The van der Waals surface area contributed by atoms with E-state index < -0.39 is 21.4 Å². The summed E-state index contributed by atoms with van der Waals surface area (Å²) in [6.07, 6.45) is 0. The van der Waals surface area contributed by atoms with E-state index in [1.165, 1.54) is 12.1 Å². The molecule has 88 valence electrons. The lowest BCUT2D eigenvalue weighted by Gasteiger charge is -2.34.